The monoisotopic (exact) mass is 296 g/mol. The predicted molar refractivity (Wildman–Crippen MR) is 77.6 cm³/mol. The number of nitriles is 1. The zero-order valence-corrected chi connectivity index (χ0v) is 12.8. The first-order valence-corrected chi connectivity index (χ1v) is 7.99. The van der Waals surface area contributed by atoms with E-state index in [0.29, 0.717) is 18.9 Å². The molecule has 0 bridgehead atoms. The maximum absolute atomic E-state index is 12.5. The molecular formula is C13H20N4O2S. The van der Waals surface area contributed by atoms with Crippen LogP contribution in [0.25, 0.3) is 0 Å². The van der Waals surface area contributed by atoms with E-state index in [-0.39, 0.29) is 17.4 Å². The normalized spacial score (nSPS) is 12.9. The van der Waals surface area contributed by atoms with Crippen molar-refractivity contribution in [2.24, 2.45) is 5.92 Å². The molecule has 6 nitrogen and oxygen atoms in total. The summed E-state index contributed by atoms with van der Waals surface area (Å²) in [6, 6.07) is 5.03. The Bertz CT molecular complexity index is 580. The summed E-state index contributed by atoms with van der Waals surface area (Å²) in [6.45, 7) is 6.56. The molecule has 1 rings (SSSR count). The highest BCUT2D eigenvalue weighted by Crippen LogP contribution is 2.18. The second kappa shape index (κ2) is 7.22. The van der Waals surface area contributed by atoms with Gasteiger partial charge < -0.3 is 5.32 Å². The lowest BCUT2D eigenvalue weighted by Crippen LogP contribution is -2.34. The molecule has 0 spiro atoms. The number of sulfonamides is 1. The fourth-order valence-electron chi connectivity index (χ4n) is 1.74. The van der Waals surface area contributed by atoms with Gasteiger partial charge in [-0.05, 0) is 19.9 Å². The third-order valence-corrected chi connectivity index (χ3v) is 4.71. The molecule has 0 radical (unpaired) electrons. The summed E-state index contributed by atoms with van der Waals surface area (Å²) in [5.41, 5.74) is 0. The number of anilines is 1. The van der Waals surface area contributed by atoms with Crippen LogP contribution in [0.2, 0.25) is 0 Å². The van der Waals surface area contributed by atoms with Gasteiger partial charge in [0.05, 0.1) is 16.9 Å². The molecule has 110 valence electrons. The second-order valence-electron chi connectivity index (χ2n) is 4.39. The molecule has 0 saturated carbocycles. The minimum atomic E-state index is -3.59. The zero-order valence-electron chi connectivity index (χ0n) is 12.0. The summed E-state index contributed by atoms with van der Waals surface area (Å²) in [4.78, 5) is 4.25. The van der Waals surface area contributed by atoms with Gasteiger partial charge in [0.25, 0.3) is 0 Å². The summed E-state index contributed by atoms with van der Waals surface area (Å²) >= 11 is 0. The molecule has 1 heterocycles. The van der Waals surface area contributed by atoms with E-state index < -0.39 is 10.0 Å². The largest absolute Gasteiger partial charge is 0.370 e. The van der Waals surface area contributed by atoms with Crippen LogP contribution in [0.3, 0.4) is 0 Å². The third kappa shape index (κ3) is 3.92. The molecule has 7 heteroatoms. The molecule has 0 aliphatic heterocycles. The molecule has 0 fully saturated rings. The third-order valence-electron chi connectivity index (χ3n) is 2.78. The van der Waals surface area contributed by atoms with Gasteiger partial charge in [0.1, 0.15) is 5.82 Å². The first-order chi connectivity index (χ1) is 9.45. The van der Waals surface area contributed by atoms with E-state index in [1.165, 1.54) is 22.6 Å². The van der Waals surface area contributed by atoms with Gasteiger partial charge in [-0.3, -0.25) is 0 Å². The van der Waals surface area contributed by atoms with Gasteiger partial charge in [0.15, 0.2) is 0 Å². The summed E-state index contributed by atoms with van der Waals surface area (Å²) in [7, 11) is -3.59. The van der Waals surface area contributed by atoms with E-state index in [2.05, 4.69) is 16.4 Å². The predicted octanol–water partition coefficient (Wildman–Crippen LogP) is 1.68. The van der Waals surface area contributed by atoms with Gasteiger partial charge in [0, 0.05) is 31.9 Å². The van der Waals surface area contributed by atoms with E-state index >= 15 is 0 Å². The Labute approximate surface area is 120 Å². The highest BCUT2D eigenvalue weighted by molar-refractivity contribution is 7.89. The van der Waals surface area contributed by atoms with Crippen LogP contribution >= 0.6 is 0 Å². The van der Waals surface area contributed by atoms with Crippen LogP contribution in [0, 0.1) is 17.2 Å². The van der Waals surface area contributed by atoms with Crippen LogP contribution in [0.4, 0.5) is 5.82 Å². The smallest absolute Gasteiger partial charge is 0.243 e. The summed E-state index contributed by atoms with van der Waals surface area (Å²) in [5, 5.41) is 11.8. The van der Waals surface area contributed by atoms with Crippen molar-refractivity contribution in [3.05, 3.63) is 18.3 Å². The molecule has 0 aliphatic carbocycles. The van der Waals surface area contributed by atoms with Gasteiger partial charge in [-0.2, -0.15) is 9.57 Å². The Morgan fingerprint density at radius 2 is 2.20 bits per heavy atom. The van der Waals surface area contributed by atoms with E-state index in [1.54, 1.807) is 13.8 Å². The SMILES string of the molecule is CCNc1cc(S(=O)(=O)N(CC)CC(C)C#N)ccn1. The molecule has 0 aromatic carbocycles. The van der Waals surface area contributed by atoms with Gasteiger partial charge in [-0.25, -0.2) is 13.4 Å². The molecule has 0 saturated heterocycles. The fraction of sp³-hybridized carbons (Fsp3) is 0.538. The quantitative estimate of drug-likeness (QED) is 0.827. The molecule has 0 aliphatic rings. The number of nitrogens with one attached hydrogen (secondary N) is 1. The molecule has 1 N–H and O–H groups in total. The molecular weight excluding hydrogens is 276 g/mol. The van der Waals surface area contributed by atoms with Crippen LogP contribution in [0.1, 0.15) is 20.8 Å². The van der Waals surface area contributed by atoms with Gasteiger partial charge >= 0.3 is 0 Å². The van der Waals surface area contributed by atoms with Gasteiger partial charge in [-0.15, -0.1) is 0 Å². The Morgan fingerprint density at radius 3 is 2.75 bits per heavy atom. The minimum absolute atomic E-state index is 0.189. The number of hydrogen-bond acceptors (Lipinski definition) is 5. The first-order valence-electron chi connectivity index (χ1n) is 6.55. The highest BCUT2D eigenvalue weighted by Gasteiger charge is 2.25. The Kier molecular flexibility index (Phi) is 5.92. The number of hydrogen-bond donors (Lipinski definition) is 1. The van der Waals surface area contributed by atoms with Crippen molar-refractivity contribution in [2.45, 2.75) is 25.7 Å². The molecule has 1 aromatic rings. The standard InChI is InChI=1S/C13H20N4O2S/c1-4-15-13-8-12(6-7-16-13)20(18,19)17(5-2)10-11(3)9-14/h6-8,11H,4-5,10H2,1-3H3,(H,15,16). The minimum Gasteiger partial charge on any atom is -0.370 e. The second-order valence-corrected chi connectivity index (χ2v) is 6.33. The summed E-state index contributed by atoms with van der Waals surface area (Å²) in [6.07, 6.45) is 1.46. The topological polar surface area (TPSA) is 86.1 Å². The van der Waals surface area contributed by atoms with E-state index in [1.807, 2.05) is 6.92 Å². The lowest BCUT2D eigenvalue weighted by atomic mass is 10.2. The molecule has 20 heavy (non-hydrogen) atoms. The van der Waals surface area contributed by atoms with E-state index in [9.17, 15) is 8.42 Å². The lowest BCUT2D eigenvalue weighted by Gasteiger charge is -2.21. The van der Waals surface area contributed by atoms with E-state index in [4.69, 9.17) is 5.26 Å². The maximum Gasteiger partial charge on any atom is 0.243 e. The van der Waals surface area contributed by atoms with Gasteiger partial charge in [-0.1, -0.05) is 6.92 Å². The van der Waals surface area contributed by atoms with Crippen LogP contribution in [0.5, 0.6) is 0 Å². The van der Waals surface area contributed by atoms with Crippen molar-refractivity contribution in [2.75, 3.05) is 25.0 Å². The zero-order chi connectivity index (χ0) is 15.2. The average Bonchev–Trinajstić information content (AvgIpc) is 2.44. The Balaban J connectivity index is 3.07. The maximum atomic E-state index is 12.5. The fourth-order valence-corrected chi connectivity index (χ4v) is 3.29. The van der Waals surface area contributed by atoms with Gasteiger partial charge in [0.2, 0.25) is 10.0 Å². The number of nitrogens with zero attached hydrogens (tertiary/aromatic N) is 3. The summed E-state index contributed by atoms with van der Waals surface area (Å²) in [5.74, 6) is 0.178. The molecule has 1 aromatic heterocycles. The van der Waals surface area contributed by atoms with Crippen LogP contribution in [-0.2, 0) is 10.0 Å². The Morgan fingerprint density at radius 1 is 1.50 bits per heavy atom. The summed E-state index contributed by atoms with van der Waals surface area (Å²) < 4.78 is 26.4. The average molecular weight is 296 g/mol. The van der Waals surface area contributed by atoms with Crippen molar-refractivity contribution in [1.29, 1.82) is 5.26 Å². The van der Waals surface area contributed by atoms with Crippen molar-refractivity contribution in [3.63, 3.8) is 0 Å². The van der Waals surface area contributed by atoms with Crippen LogP contribution in [-0.4, -0.2) is 37.3 Å². The lowest BCUT2D eigenvalue weighted by molar-refractivity contribution is 0.400. The Hall–Kier alpha value is -1.65. The van der Waals surface area contributed by atoms with Crippen molar-refractivity contribution in [3.8, 4) is 6.07 Å². The number of aromatic nitrogens is 1. The van der Waals surface area contributed by atoms with Crippen molar-refractivity contribution >= 4 is 15.8 Å². The molecule has 0 amide bonds. The molecule has 1 unspecified atom stereocenters. The number of pyridine rings is 1. The van der Waals surface area contributed by atoms with Crippen LogP contribution in [0.15, 0.2) is 23.2 Å². The number of rotatable bonds is 7. The molecule has 1 atom stereocenters. The van der Waals surface area contributed by atoms with Crippen molar-refractivity contribution in [1.82, 2.24) is 9.29 Å². The highest BCUT2D eigenvalue weighted by atomic mass is 32.2. The van der Waals surface area contributed by atoms with E-state index in [0.717, 1.165) is 0 Å². The van der Waals surface area contributed by atoms with Crippen LogP contribution < -0.4 is 5.32 Å². The van der Waals surface area contributed by atoms with Crippen molar-refractivity contribution < 1.29 is 8.42 Å². The first kappa shape index (κ1) is 16.4.